The average molecular weight is 291 g/mol. The summed E-state index contributed by atoms with van der Waals surface area (Å²) in [5.74, 6) is 0. The second-order valence-electron chi connectivity index (χ2n) is 4.33. The van der Waals surface area contributed by atoms with Crippen molar-refractivity contribution in [3.05, 3.63) is 58.3 Å². The molecule has 0 unspecified atom stereocenters. The number of aromatic nitrogens is 2. The van der Waals surface area contributed by atoms with E-state index in [0.29, 0.717) is 10.0 Å². The maximum absolute atomic E-state index is 6.22. The van der Waals surface area contributed by atoms with Gasteiger partial charge in [0.1, 0.15) is 0 Å². The third kappa shape index (κ3) is 2.11. The lowest BCUT2D eigenvalue weighted by Crippen LogP contribution is -1.91. The summed E-state index contributed by atoms with van der Waals surface area (Å²) in [7, 11) is 0. The number of halogens is 2. The number of imidazole rings is 1. The molecule has 0 atom stereocenters. The Balaban J connectivity index is 2.39. The van der Waals surface area contributed by atoms with Crippen LogP contribution in [-0.2, 0) is 6.42 Å². The van der Waals surface area contributed by atoms with E-state index in [4.69, 9.17) is 23.2 Å². The van der Waals surface area contributed by atoms with E-state index in [1.807, 2.05) is 28.8 Å². The first-order chi connectivity index (χ1) is 9.20. The minimum Gasteiger partial charge on any atom is -0.297 e. The second kappa shape index (κ2) is 4.87. The molecule has 3 rings (SSSR count). The normalized spacial score (nSPS) is 11.1. The summed E-state index contributed by atoms with van der Waals surface area (Å²) < 4.78 is 1.97. The van der Waals surface area contributed by atoms with Crippen LogP contribution < -0.4 is 0 Å². The van der Waals surface area contributed by atoms with Crippen molar-refractivity contribution in [3.63, 3.8) is 0 Å². The Labute approximate surface area is 121 Å². The molecule has 0 saturated heterocycles. The number of aryl methyl sites for hydroxylation is 1. The molecule has 0 N–H and O–H groups in total. The fourth-order valence-corrected chi connectivity index (χ4v) is 2.78. The molecule has 1 aromatic carbocycles. The molecule has 19 heavy (non-hydrogen) atoms. The standard InChI is InChI=1S/C15H12Cl2N2/c1-2-13-14(10-6-4-3-5-7-10)19-9-11(16)8-12(17)15(19)18-13/h3-9H,2H2,1H3. The molecule has 0 aliphatic rings. The second-order valence-corrected chi connectivity index (χ2v) is 5.17. The van der Waals surface area contributed by atoms with E-state index in [2.05, 4.69) is 24.0 Å². The summed E-state index contributed by atoms with van der Waals surface area (Å²) in [6.45, 7) is 2.09. The van der Waals surface area contributed by atoms with E-state index in [9.17, 15) is 0 Å². The predicted octanol–water partition coefficient (Wildman–Crippen LogP) is 4.87. The molecule has 96 valence electrons. The van der Waals surface area contributed by atoms with Gasteiger partial charge in [0.05, 0.1) is 21.4 Å². The maximum Gasteiger partial charge on any atom is 0.156 e. The van der Waals surface area contributed by atoms with Gasteiger partial charge in [0.2, 0.25) is 0 Å². The first-order valence-electron chi connectivity index (χ1n) is 6.12. The lowest BCUT2D eigenvalue weighted by atomic mass is 10.1. The Kier molecular flexibility index (Phi) is 3.21. The van der Waals surface area contributed by atoms with Gasteiger partial charge >= 0.3 is 0 Å². The number of rotatable bonds is 2. The minimum absolute atomic E-state index is 0.574. The highest BCUT2D eigenvalue weighted by Gasteiger charge is 2.15. The van der Waals surface area contributed by atoms with Gasteiger partial charge in [-0.25, -0.2) is 4.98 Å². The average Bonchev–Trinajstić information content (AvgIpc) is 2.78. The lowest BCUT2D eigenvalue weighted by molar-refractivity contribution is 1.07. The highest BCUT2D eigenvalue weighted by Crippen LogP contribution is 2.30. The first kappa shape index (κ1) is 12.5. The molecule has 0 fully saturated rings. The molecule has 0 aliphatic carbocycles. The van der Waals surface area contributed by atoms with Gasteiger partial charge in [0.15, 0.2) is 5.65 Å². The summed E-state index contributed by atoms with van der Waals surface area (Å²) in [5, 5.41) is 1.18. The van der Waals surface area contributed by atoms with Gasteiger partial charge in [0, 0.05) is 11.8 Å². The molecule has 3 aromatic rings. The van der Waals surface area contributed by atoms with Crippen molar-refractivity contribution in [2.24, 2.45) is 0 Å². The molecule has 0 amide bonds. The molecule has 2 nitrogen and oxygen atoms in total. The van der Waals surface area contributed by atoms with Crippen molar-refractivity contribution in [2.45, 2.75) is 13.3 Å². The largest absolute Gasteiger partial charge is 0.297 e. The molecule has 0 saturated carbocycles. The SMILES string of the molecule is CCc1nc2c(Cl)cc(Cl)cn2c1-c1ccccc1. The number of hydrogen-bond donors (Lipinski definition) is 0. The van der Waals surface area contributed by atoms with Gasteiger partial charge in [-0.3, -0.25) is 4.40 Å². The number of pyridine rings is 1. The summed E-state index contributed by atoms with van der Waals surface area (Å²) in [5.41, 5.74) is 3.95. The lowest BCUT2D eigenvalue weighted by Gasteiger charge is -2.05. The molecular formula is C15H12Cl2N2. The van der Waals surface area contributed by atoms with Crippen molar-refractivity contribution < 1.29 is 0 Å². The molecule has 2 heterocycles. The Morgan fingerprint density at radius 1 is 1.16 bits per heavy atom. The number of fused-ring (bicyclic) bond motifs is 1. The molecule has 0 aliphatic heterocycles. The summed E-state index contributed by atoms with van der Waals surface area (Å²) in [4.78, 5) is 4.62. The zero-order chi connectivity index (χ0) is 13.4. The van der Waals surface area contributed by atoms with Crippen molar-refractivity contribution >= 4 is 28.8 Å². The van der Waals surface area contributed by atoms with Gasteiger partial charge in [-0.2, -0.15) is 0 Å². The molecule has 0 bridgehead atoms. The van der Waals surface area contributed by atoms with Gasteiger partial charge in [0.25, 0.3) is 0 Å². The van der Waals surface area contributed by atoms with Crippen LogP contribution in [0.25, 0.3) is 16.9 Å². The molecular weight excluding hydrogens is 279 g/mol. The van der Waals surface area contributed by atoms with E-state index in [1.165, 1.54) is 0 Å². The van der Waals surface area contributed by atoms with Crippen LogP contribution in [0.15, 0.2) is 42.6 Å². The van der Waals surface area contributed by atoms with Gasteiger partial charge in [-0.15, -0.1) is 0 Å². The Bertz CT molecular complexity index is 733. The van der Waals surface area contributed by atoms with Gasteiger partial charge in [-0.05, 0) is 12.5 Å². The van der Waals surface area contributed by atoms with Crippen molar-refractivity contribution in [3.8, 4) is 11.3 Å². The Morgan fingerprint density at radius 2 is 1.89 bits per heavy atom. The third-order valence-corrected chi connectivity index (χ3v) is 3.58. The highest BCUT2D eigenvalue weighted by molar-refractivity contribution is 6.36. The summed E-state index contributed by atoms with van der Waals surface area (Å²) in [6.07, 6.45) is 2.71. The topological polar surface area (TPSA) is 17.3 Å². The van der Waals surface area contributed by atoms with Crippen molar-refractivity contribution in [2.75, 3.05) is 0 Å². The van der Waals surface area contributed by atoms with E-state index < -0.39 is 0 Å². The van der Waals surface area contributed by atoms with Gasteiger partial charge < -0.3 is 0 Å². The van der Waals surface area contributed by atoms with Crippen LogP contribution in [0.5, 0.6) is 0 Å². The van der Waals surface area contributed by atoms with Crippen LogP contribution in [0.4, 0.5) is 0 Å². The zero-order valence-corrected chi connectivity index (χ0v) is 11.9. The molecule has 0 radical (unpaired) electrons. The molecule has 0 spiro atoms. The van der Waals surface area contributed by atoms with E-state index in [0.717, 1.165) is 29.0 Å². The van der Waals surface area contributed by atoms with Crippen molar-refractivity contribution in [1.82, 2.24) is 9.38 Å². The summed E-state index contributed by atoms with van der Waals surface area (Å²) >= 11 is 12.3. The fraction of sp³-hybridized carbons (Fsp3) is 0.133. The van der Waals surface area contributed by atoms with Crippen molar-refractivity contribution in [1.29, 1.82) is 0 Å². The maximum atomic E-state index is 6.22. The third-order valence-electron chi connectivity index (χ3n) is 3.10. The number of hydrogen-bond acceptors (Lipinski definition) is 1. The highest BCUT2D eigenvalue weighted by atomic mass is 35.5. The molecule has 4 heteroatoms. The zero-order valence-electron chi connectivity index (χ0n) is 10.4. The van der Waals surface area contributed by atoms with Crippen LogP contribution in [0.3, 0.4) is 0 Å². The minimum atomic E-state index is 0.574. The van der Waals surface area contributed by atoms with Gasteiger partial charge in [-0.1, -0.05) is 60.5 Å². The molecule has 2 aromatic heterocycles. The smallest absolute Gasteiger partial charge is 0.156 e. The van der Waals surface area contributed by atoms with Crippen LogP contribution >= 0.6 is 23.2 Å². The monoisotopic (exact) mass is 290 g/mol. The van der Waals surface area contributed by atoms with Crippen LogP contribution in [0, 0.1) is 0 Å². The predicted molar refractivity (Wildman–Crippen MR) is 80.0 cm³/mol. The van der Waals surface area contributed by atoms with Crippen LogP contribution in [0.1, 0.15) is 12.6 Å². The number of benzene rings is 1. The number of nitrogens with zero attached hydrogens (tertiary/aromatic N) is 2. The van der Waals surface area contributed by atoms with E-state index >= 15 is 0 Å². The quantitative estimate of drug-likeness (QED) is 0.658. The van der Waals surface area contributed by atoms with Crippen LogP contribution in [0.2, 0.25) is 10.0 Å². The first-order valence-corrected chi connectivity index (χ1v) is 6.87. The summed E-state index contributed by atoms with van der Waals surface area (Å²) in [6, 6.07) is 11.9. The fourth-order valence-electron chi connectivity index (χ4n) is 2.27. The van der Waals surface area contributed by atoms with Crippen LogP contribution in [-0.4, -0.2) is 9.38 Å². The Hall–Kier alpha value is -1.51. The van der Waals surface area contributed by atoms with E-state index in [-0.39, 0.29) is 0 Å². The Morgan fingerprint density at radius 3 is 2.58 bits per heavy atom. The van der Waals surface area contributed by atoms with E-state index in [1.54, 1.807) is 6.07 Å².